The number of halogens is 1. The first-order valence-corrected chi connectivity index (χ1v) is 8.12. The summed E-state index contributed by atoms with van der Waals surface area (Å²) in [5.41, 5.74) is 3.61. The summed E-state index contributed by atoms with van der Waals surface area (Å²) >= 11 is 1.96. The predicted molar refractivity (Wildman–Crippen MR) is 83.5 cm³/mol. The topological polar surface area (TPSA) is 12.0 Å². The molecule has 3 rings (SSSR count). The van der Waals surface area contributed by atoms with Crippen molar-refractivity contribution in [1.29, 1.82) is 0 Å². The zero-order chi connectivity index (χ0) is 13.8. The highest BCUT2D eigenvalue weighted by Gasteiger charge is 2.19. The molecule has 0 radical (unpaired) electrons. The Kier molecular flexibility index (Phi) is 4.38. The van der Waals surface area contributed by atoms with E-state index in [0.717, 1.165) is 30.0 Å². The molecule has 0 amide bonds. The van der Waals surface area contributed by atoms with Crippen LogP contribution < -0.4 is 5.32 Å². The summed E-state index contributed by atoms with van der Waals surface area (Å²) in [7, 11) is 0. The van der Waals surface area contributed by atoms with Crippen molar-refractivity contribution in [3.63, 3.8) is 0 Å². The lowest BCUT2D eigenvalue weighted by Crippen LogP contribution is -2.28. The summed E-state index contributed by atoms with van der Waals surface area (Å²) in [6.07, 6.45) is 0.732. The van der Waals surface area contributed by atoms with Crippen LogP contribution in [-0.2, 0) is 12.2 Å². The quantitative estimate of drug-likeness (QED) is 0.914. The van der Waals surface area contributed by atoms with Gasteiger partial charge in [0.1, 0.15) is 5.82 Å². The molecule has 0 spiro atoms. The Morgan fingerprint density at radius 3 is 2.80 bits per heavy atom. The molecule has 1 atom stereocenters. The molecule has 2 aromatic carbocycles. The zero-order valence-corrected chi connectivity index (χ0v) is 12.1. The van der Waals surface area contributed by atoms with E-state index in [1.807, 2.05) is 23.9 Å². The van der Waals surface area contributed by atoms with Crippen molar-refractivity contribution in [3.8, 4) is 0 Å². The largest absolute Gasteiger partial charge is 0.309 e. The van der Waals surface area contributed by atoms with Crippen molar-refractivity contribution in [2.24, 2.45) is 0 Å². The van der Waals surface area contributed by atoms with E-state index >= 15 is 0 Å². The Morgan fingerprint density at radius 1 is 1.10 bits per heavy atom. The summed E-state index contributed by atoms with van der Waals surface area (Å²) < 4.78 is 13.6. The third-order valence-corrected chi connectivity index (χ3v) is 4.80. The average molecular weight is 287 g/mol. The van der Waals surface area contributed by atoms with Crippen LogP contribution >= 0.6 is 11.8 Å². The molecule has 1 heterocycles. The lowest BCUT2D eigenvalue weighted by molar-refractivity contribution is 0.560. The van der Waals surface area contributed by atoms with Crippen molar-refractivity contribution in [2.45, 2.75) is 18.2 Å². The molecule has 1 unspecified atom stereocenters. The summed E-state index contributed by atoms with van der Waals surface area (Å²) in [5, 5.41) is 3.57. The van der Waals surface area contributed by atoms with Crippen molar-refractivity contribution in [1.82, 2.24) is 5.32 Å². The lowest BCUT2D eigenvalue weighted by Gasteiger charge is -2.26. The van der Waals surface area contributed by atoms with Crippen LogP contribution in [0.15, 0.2) is 48.5 Å². The van der Waals surface area contributed by atoms with Crippen molar-refractivity contribution in [3.05, 3.63) is 71.0 Å². The molecular formula is C17H18FNS. The molecule has 0 bridgehead atoms. The van der Waals surface area contributed by atoms with Gasteiger partial charge in [0.2, 0.25) is 0 Å². The molecular weight excluding hydrogens is 269 g/mol. The fourth-order valence-corrected chi connectivity index (χ4v) is 3.77. The summed E-state index contributed by atoms with van der Waals surface area (Å²) in [4.78, 5) is 0. The third kappa shape index (κ3) is 3.05. The van der Waals surface area contributed by atoms with E-state index in [-0.39, 0.29) is 5.82 Å². The summed E-state index contributed by atoms with van der Waals surface area (Å²) in [6.45, 7) is 0.806. The van der Waals surface area contributed by atoms with Gasteiger partial charge in [-0.05, 0) is 35.7 Å². The van der Waals surface area contributed by atoms with Gasteiger partial charge in [0, 0.05) is 17.5 Å². The molecule has 104 valence electrons. The van der Waals surface area contributed by atoms with Gasteiger partial charge in [0.05, 0.1) is 0 Å². The van der Waals surface area contributed by atoms with Gasteiger partial charge in [-0.15, -0.1) is 0 Å². The van der Waals surface area contributed by atoms with E-state index in [4.69, 9.17) is 0 Å². The fourth-order valence-electron chi connectivity index (χ4n) is 2.63. The highest BCUT2D eigenvalue weighted by Crippen LogP contribution is 2.31. The lowest BCUT2D eigenvalue weighted by atomic mass is 10.0. The van der Waals surface area contributed by atoms with Gasteiger partial charge in [0.25, 0.3) is 0 Å². The van der Waals surface area contributed by atoms with Gasteiger partial charge in [-0.25, -0.2) is 4.39 Å². The van der Waals surface area contributed by atoms with Crippen molar-refractivity contribution in [2.75, 3.05) is 12.3 Å². The van der Waals surface area contributed by atoms with Gasteiger partial charge in [0.15, 0.2) is 0 Å². The summed E-state index contributed by atoms with van der Waals surface area (Å²) in [6, 6.07) is 16.0. The van der Waals surface area contributed by atoms with Crippen molar-refractivity contribution < 1.29 is 4.39 Å². The maximum absolute atomic E-state index is 13.6. The average Bonchev–Trinajstić information content (AvgIpc) is 2.49. The Morgan fingerprint density at radius 2 is 1.90 bits per heavy atom. The predicted octanol–water partition coefficient (Wildman–Crippen LogP) is 3.95. The SMILES string of the molecule is Fc1ccccc1CCNC1CSCc2ccccc21. The molecule has 0 aliphatic carbocycles. The molecule has 0 saturated carbocycles. The van der Waals surface area contributed by atoms with Crippen LogP contribution in [0.1, 0.15) is 22.7 Å². The molecule has 1 aliphatic heterocycles. The van der Waals surface area contributed by atoms with E-state index in [0.29, 0.717) is 6.04 Å². The van der Waals surface area contributed by atoms with Crippen LogP contribution in [0.25, 0.3) is 0 Å². The molecule has 0 aromatic heterocycles. The Hall–Kier alpha value is -1.32. The van der Waals surface area contributed by atoms with E-state index in [9.17, 15) is 4.39 Å². The van der Waals surface area contributed by atoms with E-state index in [1.54, 1.807) is 6.07 Å². The molecule has 0 saturated heterocycles. The molecule has 1 nitrogen and oxygen atoms in total. The van der Waals surface area contributed by atoms with Crippen LogP contribution in [-0.4, -0.2) is 12.3 Å². The number of hydrogen-bond donors (Lipinski definition) is 1. The van der Waals surface area contributed by atoms with Gasteiger partial charge in [-0.1, -0.05) is 42.5 Å². The first-order valence-electron chi connectivity index (χ1n) is 6.97. The second-order valence-corrected chi connectivity index (χ2v) is 6.09. The maximum Gasteiger partial charge on any atom is 0.126 e. The number of rotatable bonds is 4. The Balaban J connectivity index is 1.61. The molecule has 0 fully saturated rings. The monoisotopic (exact) mass is 287 g/mol. The molecule has 20 heavy (non-hydrogen) atoms. The minimum absolute atomic E-state index is 0.104. The Labute approximate surface area is 123 Å². The maximum atomic E-state index is 13.6. The van der Waals surface area contributed by atoms with Gasteiger partial charge >= 0.3 is 0 Å². The van der Waals surface area contributed by atoms with E-state index < -0.39 is 0 Å². The number of fused-ring (bicyclic) bond motifs is 1. The van der Waals surface area contributed by atoms with Crippen LogP contribution in [0, 0.1) is 5.82 Å². The number of nitrogens with one attached hydrogen (secondary N) is 1. The first kappa shape index (κ1) is 13.7. The van der Waals surface area contributed by atoms with Crippen molar-refractivity contribution >= 4 is 11.8 Å². The highest BCUT2D eigenvalue weighted by atomic mass is 32.2. The molecule has 3 heteroatoms. The minimum Gasteiger partial charge on any atom is -0.309 e. The molecule has 2 aromatic rings. The van der Waals surface area contributed by atoms with Crippen LogP contribution in [0.4, 0.5) is 4.39 Å². The summed E-state index contributed by atoms with van der Waals surface area (Å²) in [5.74, 6) is 2.09. The smallest absolute Gasteiger partial charge is 0.126 e. The van der Waals surface area contributed by atoms with E-state index in [1.165, 1.54) is 17.2 Å². The molecule has 1 N–H and O–H groups in total. The number of benzene rings is 2. The normalized spacial score (nSPS) is 17.8. The number of thioether (sulfide) groups is 1. The van der Waals surface area contributed by atoms with Gasteiger partial charge in [-0.3, -0.25) is 0 Å². The third-order valence-electron chi connectivity index (χ3n) is 3.72. The second-order valence-electron chi connectivity index (χ2n) is 5.06. The van der Waals surface area contributed by atoms with E-state index in [2.05, 4.69) is 29.6 Å². The van der Waals surface area contributed by atoms with Gasteiger partial charge < -0.3 is 5.32 Å². The minimum atomic E-state index is -0.104. The second kappa shape index (κ2) is 6.42. The van der Waals surface area contributed by atoms with Crippen LogP contribution in [0.3, 0.4) is 0 Å². The number of hydrogen-bond acceptors (Lipinski definition) is 2. The first-order chi connectivity index (χ1) is 9.84. The van der Waals surface area contributed by atoms with Crippen LogP contribution in [0.5, 0.6) is 0 Å². The zero-order valence-electron chi connectivity index (χ0n) is 11.3. The van der Waals surface area contributed by atoms with Crippen LogP contribution in [0.2, 0.25) is 0 Å². The Bertz CT molecular complexity index is 585. The fraction of sp³-hybridized carbons (Fsp3) is 0.294. The van der Waals surface area contributed by atoms with Gasteiger partial charge in [-0.2, -0.15) is 11.8 Å². The standard InChI is InChI=1S/C17H18FNS/c18-16-8-4-2-5-13(16)9-10-19-17-12-20-11-14-6-1-3-7-15(14)17/h1-8,17,19H,9-12H2. The highest BCUT2D eigenvalue weighted by molar-refractivity contribution is 7.98. The molecule has 1 aliphatic rings.